The van der Waals surface area contributed by atoms with E-state index in [1.807, 2.05) is 63.2 Å². The van der Waals surface area contributed by atoms with Gasteiger partial charge in [-0.05, 0) is 70.9 Å². The number of carbonyl (C=O) groups is 1. The maximum Gasteiger partial charge on any atom is 0.338 e. The number of hydrogen-bond acceptors (Lipinski definition) is 8. The Balaban J connectivity index is 1.98. The third-order valence-corrected chi connectivity index (χ3v) is 7.40. The van der Waals surface area contributed by atoms with Gasteiger partial charge in [-0.1, -0.05) is 35.6 Å². The molecule has 1 aliphatic heterocycles. The van der Waals surface area contributed by atoms with E-state index in [1.54, 1.807) is 31.6 Å². The first-order valence-electron chi connectivity index (χ1n) is 13.6. The van der Waals surface area contributed by atoms with E-state index in [0.29, 0.717) is 56.4 Å². The lowest BCUT2D eigenvalue weighted by molar-refractivity contribution is -0.139. The van der Waals surface area contributed by atoms with Crippen molar-refractivity contribution in [2.24, 2.45) is 4.99 Å². The number of benzene rings is 2. The van der Waals surface area contributed by atoms with Crippen LogP contribution in [-0.4, -0.2) is 37.0 Å². The SMILES string of the molecule is C=CCc1cc(/C=c2/sc3n(c2=O)[C@H](c2ccccc2OC(C)C)C(C(=O)OCC)=C(C)N=3)cc(OCC)c1OC. The van der Waals surface area contributed by atoms with Gasteiger partial charge in [0.2, 0.25) is 0 Å². The van der Waals surface area contributed by atoms with Gasteiger partial charge in [0.15, 0.2) is 16.3 Å². The molecule has 8 nitrogen and oxygen atoms in total. The minimum absolute atomic E-state index is 0.109. The standard InChI is InChI=1S/C32H36N2O6S/c1-8-13-22-16-21(17-25(38-9-2)29(22)37-7)18-26-30(35)34-28(23-14-11-12-15-24(23)40-19(4)5)27(31(36)39-10-3)20(6)33-32(34)41-26/h8,11-12,14-19,28H,1,9-10,13H2,2-7H3/b26-18+/t28-/m1/s1. The number of rotatable bonds is 11. The van der Waals surface area contributed by atoms with Gasteiger partial charge >= 0.3 is 5.97 Å². The second-order valence-corrected chi connectivity index (χ2v) is 10.7. The molecule has 0 saturated heterocycles. The second kappa shape index (κ2) is 13.0. The van der Waals surface area contributed by atoms with E-state index in [2.05, 4.69) is 11.6 Å². The number of ether oxygens (including phenoxy) is 4. The molecule has 0 N–H and O–H groups in total. The van der Waals surface area contributed by atoms with Crippen LogP contribution >= 0.6 is 11.3 Å². The van der Waals surface area contributed by atoms with E-state index < -0.39 is 12.0 Å². The van der Waals surface area contributed by atoms with Crippen LogP contribution in [-0.2, 0) is 16.0 Å². The van der Waals surface area contributed by atoms with Crippen molar-refractivity contribution in [3.05, 3.63) is 96.7 Å². The summed E-state index contributed by atoms with van der Waals surface area (Å²) in [4.78, 5) is 32.5. The van der Waals surface area contributed by atoms with Crippen LogP contribution in [0.4, 0.5) is 0 Å². The first-order chi connectivity index (χ1) is 19.7. The molecule has 1 aromatic heterocycles. The molecule has 0 saturated carbocycles. The lowest BCUT2D eigenvalue weighted by Gasteiger charge is -2.26. The van der Waals surface area contributed by atoms with Gasteiger partial charge in [0.1, 0.15) is 11.8 Å². The van der Waals surface area contributed by atoms with Gasteiger partial charge in [0.25, 0.3) is 5.56 Å². The zero-order valence-electron chi connectivity index (χ0n) is 24.4. The monoisotopic (exact) mass is 576 g/mol. The molecule has 4 rings (SSSR count). The van der Waals surface area contributed by atoms with Gasteiger partial charge in [-0.15, -0.1) is 6.58 Å². The minimum Gasteiger partial charge on any atom is -0.493 e. The number of carbonyl (C=O) groups excluding carboxylic acids is 1. The molecule has 0 fully saturated rings. The maximum absolute atomic E-state index is 14.1. The maximum atomic E-state index is 14.1. The summed E-state index contributed by atoms with van der Waals surface area (Å²) in [5.74, 6) is 1.30. The van der Waals surface area contributed by atoms with Crippen LogP contribution in [0.2, 0.25) is 0 Å². The zero-order valence-corrected chi connectivity index (χ0v) is 25.2. The highest BCUT2D eigenvalue weighted by molar-refractivity contribution is 7.07. The first kappa shape index (κ1) is 29.9. The molecule has 1 atom stereocenters. The molecule has 3 aromatic rings. The quantitative estimate of drug-likeness (QED) is 0.243. The van der Waals surface area contributed by atoms with E-state index in [1.165, 1.54) is 11.3 Å². The fourth-order valence-electron chi connectivity index (χ4n) is 4.87. The van der Waals surface area contributed by atoms with Gasteiger partial charge in [0, 0.05) is 11.1 Å². The molecular weight excluding hydrogens is 540 g/mol. The number of hydrogen-bond donors (Lipinski definition) is 0. The van der Waals surface area contributed by atoms with Crippen molar-refractivity contribution in [2.75, 3.05) is 20.3 Å². The molecule has 0 spiro atoms. The van der Waals surface area contributed by atoms with Crippen LogP contribution in [0, 0.1) is 0 Å². The van der Waals surface area contributed by atoms with Crippen molar-refractivity contribution in [1.29, 1.82) is 0 Å². The highest BCUT2D eigenvalue weighted by Gasteiger charge is 2.35. The molecule has 41 heavy (non-hydrogen) atoms. The van der Waals surface area contributed by atoms with Gasteiger partial charge in [-0.25, -0.2) is 9.79 Å². The largest absolute Gasteiger partial charge is 0.493 e. The number of allylic oxidation sites excluding steroid dienone is 2. The van der Waals surface area contributed by atoms with Gasteiger partial charge in [0.05, 0.1) is 42.2 Å². The summed E-state index contributed by atoms with van der Waals surface area (Å²) in [5, 5.41) is 0. The molecule has 216 valence electrons. The second-order valence-electron chi connectivity index (χ2n) is 9.64. The van der Waals surface area contributed by atoms with Crippen molar-refractivity contribution in [3.63, 3.8) is 0 Å². The highest BCUT2D eigenvalue weighted by Crippen LogP contribution is 2.37. The molecule has 0 bridgehead atoms. The van der Waals surface area contributed by atoms with E-state index in [9.17, 15) is 9.59 Å². The Morgan fingerprint density at radius 2 is 1.93 bits per heavy atom. The Labute approximate surface area is 243 Å². The number of aromatic nitrogens is 1. The molecule has 2 aromatic carbocycles. The zero-order chi connectivity index (χ0) is 29.7. The van der Waals surface area contributed by atoms with Gasteiger partial charge in [-0.2, -0.15) is 0 Å². The summed E-state index contributed by atoms with van der Waals surface area (Å²) >= 11 is 1.26. The normalized spacial score (nSPS) is 14.9. The minimum atomic E-state index is -0.770. The molecule has 0 unspecified atom stereocenters. The Bertz CT molecular complexity index is 1660. The van der Waals surface area contributed by atoms with Crippen LogP contribution in [0.3, 0.4) is 0 Å². The Kier molecular flexibility index (Phi) is 9.50. The summed E-state index contributed by atoms with van der Waals surface area (Å²) in [5.41, 5.74) is 2.89. The van der Waals surface area contributed by atoms with Crippen LogP contribution in [0.25, 0.3) is 6.08 Å². The lowest BCUT2D eigenvalue weighted by Crippen LogP contribution is -2.40. The predicted molar refractivity (Wildman–Crippen MR) is 161 cm³/mol. The number of methoxy groups -OCH3 is 1. The van der Waals surface area contributed by atoms with Crippen LogP contribution in [0.15, 0.2) is 70.1 Å². The first-order valence-corrected chi connectivity index (χ1v) is 14.4. The Morgan fingerprint density at radius 3 is 2.59 bits per heavy atom. The molecule has 2 heterocycles. The topological polar surface area (TPSA) is 88.4 Å². The summed E-state index contributed by atoms with van der Waals surface area (Å²) < 4.78 is 25.0. The average Bonchev–Trinajstić information content (AvgIpc) is 3.22. The summed E-state index contributed by atoms with van der Waals surface area (Å²) in [6.07, 6.45) is 4.07. The number of nitrogens with zero attached hydrogens (tertiary/aromatic N) is 2. The van der Waals surface area contributed by atoms with Crippen molar-refractivity contribution in [3.8, 4) is 17.2 Å². The molecule has 9 heteroatoms. The number of fused-ring (bicyclic) bond motifs is 1. The van der Waals surface area contributed by atoms with E-state index >= 15 is 0 Å². The van der Waals surface area contributed by atoms with Crippen molar-refractivity contribution < 1.29 is 23.7 Å². The van der Waals surface area contributed by atoms with Crippen LogP contribution in [0.5, 0.6) is 17.2 Å². The van der Waals surface area contributed by atoms with Gasteiger partial charge < -0.3 is 18.9 Å². The molecular formula is C32H36N2O6S. The number of esters is 1. The number of thiazole rings is 1. The van der Waals surface area contributed by atoms with E-state index in [0.717, 1.165) is 11.1 Å². The third-order valence-electron chi connectivity index (χ3n) is 6.41. The number of para-hydroxylation sites is 1. The van der Waals surface area contributed by atoms with E-state index in [-0.39, 0.29) is 18.3 Å². The summed E-state index contributed by atoms with van der Waals surface area (Å²) in [6.45, 7) is 13.8. The molecule has 0 radical (unpaired) electrons. The Hall–Kier alpha value is -4.11. The predicted octanol–water partition coefficient (Wildman–Crippen LogP) is 4.72. The fourth-order valence-corrected chi connectivity index (χ4v) is 5.92. The van der Waals surface area contributed by atoms with Gasteiger partial charge in [-0.3, -0.25) is 9.36 Å². The smallest absolute Gasteiger partial charge is 0.338 e. The Morgan fingerprint density at radius 1 is 1.17 bits per heavy atom. The molecule has 0 aliphatic carbocycles. The fraction of sp³-hybridized carbons (Fsp3) is 0.344. The summed E-state index contributed by atoms with van der Waals surface area (Å²) in [7, 11) is 1.60. The van der Waals surface area contributed by atoms with Crippen LogP contribution < -0.4 is 29.1 Å². The summed E-state index contributed by atoms with van der Waals surface area (Å²) in [6, 6.07) is 10.5. The van der Waals surface area contributed by atoms with E-state index in [4.69, 9.17) is 18.9 Å². The lowest BCUT2D eigenvalue weighted by atomic mass is 9.95. The highest BCUT2D eigenvalue weighted by atomic mass is 32.1. The molecule has 0 amide bonds. The average molecular weight is 577 g/mol. The van der Waals surface area contributed by atoms with Crippen molar-refractivity contribution in [1.82, 2.24) is 4.57 Å². The van der Waals surface area contributed by atoms with Crippen molar-refractivity contribution >= 4 is 23.4 Å². The third kappa shape index (κ3) is 6.15. The van der Waals surface area contributed by atoms with Crippen molar-refractivity contribution in [2.45, 2.75) is 53.2 Å². The van der Waals surface area contributed by atoms with Crippen LogP contribution in [0.1, 0.15) is 57.4 Å². The molecule has 1 aliphatic rings.